The fourth-order valence-electron chi connectivity index (χ4n) is 6.07. The van der Waals surface area contributed by atoms with Gasteiger partial charge in [-0.3, -0.25) is 14.4 Å². The number of carbonyl (C=O) groups is 3. The number of fused-ring (bicyclic) bond motifs is 1. The number of nitrogens with zero attached hydrogens (tertiary/aromatic N) is 4. The summed E-state index contributed by atoms with van der Waals surface area (Å²) in [4.78, 5) is 49.4. The first kappa shape index (κ1) is 33.9. The lowest BCUT2D eigenvalue weighted by Crippen LogP contribution is -2.58. The second kappa shape index (κ2) is 14.8. The number of hydrogen-bond donors (Lipinski definition) is 1. The van der Waals surface area contributed by atoms with Gasteiger partial charge < -0.3 is 25.3 Å². The van der Waals surface area contributed by atoms with Crippen molar-refractivity contribution >= 4 is 28.5 Å². The van der Waals surface area contributed by atoms with Gasteiger partial charge in [-0.15, -0.1) is 0 Å². The lowest BCUT2D eigenvalue weighted by molar-refractivity contribution is -0.149. The molecule has 240 valence electrons. The Labute approximate surface area is 268 Å². The maximum absolute atomic E-state index is 14.6. The van der Waals surface area contributed by atoms with Crippen molar-refractivity contribution in [3.05, 3.63) is 95.6 Å². The zero-order chi connectivity index (χ0) is 32.7. The molecular formula is C37H49N5O3. The molecule has 0 aromatic heterocycles. The number of rotatable bonds is 11. The van der Waals surface area contributed by atoms with Crippen molar-refractivity contribution in [1.29, 1.82) is 0 Å². The minimum absolute atomic E-state index is 0.0674. The van der Waals surface area contributed by atoms with Gasteiger partial charge in [0.05, 0.1) is 0 Å². The van der Waals surface area contributed by atoms with Gasteiger partial charge in [-0.1, -0.05) is 78.4 Å². The third kappa shape index (κ3) is 9.25. The molecule has 0 bridgehead atoms. The molecule has 0 saturated carbocycles. The Bertz CT molecular complexity index is 1510. The van der Waals surface area contributed by atoms with Gasteiger partial charge >= 0.3 is 0 Å². The van der Waals surface area contributed by atoms with E-state index >= 15 is 0 Å². The first-order valence-corrected chi connectivity index (χ1v) is 15.8. The van der Waals surface area contributed by atoms with Gasteiger partial charge in [0.1, 0.15) is 12.1 Å². The highest BCUT2D eigenvalue weighted by molar-refractivity contribution is 5.95. The summed E-state index contributed by atoms with van der Waals surface area (Å²) < 4.78 is 0. The number of likely N-dealkylation sites (N-methyl/N-ethyl adjacent to an activating group) is 3. The summed E-state index contributed by atoms with van der Waals surface area (Å²) >= 11 is 0. The van der Waals surface area contributed by atoms with Crippen molar-refractivity contribution in [3.63, 3.8) is 0 Å². The van der Waals surface area contributed by atoms with Gasteiger partial charge in [-0.25, -0.2) is 0 Å². The zero-order valence-electron chi connectivity index (χ0n) is 27.7. The highest BCUT2D eigenvalue weighted by Crippen LogP contribution is 2.21. The minimum Gasteiger partial charge on any atom is -0.338 e. The van der Waals surface area contributed by atoms with Crippen molar-refractivity contribution in [1.82, 2.24) is 19.6 Å². The Kier molecular flexibility index (Phi) is 11.2. The Morgan fingerprint density at radius 3 is 2.07 bits per heavy atom. The summed E-state index contributed by atoms with van der Waals surface area (Å²) in [6.45, 7) is 8.53. The van der Waals surface area contributed by atoms with E-state index in [4.69, 9.17) is 5.73 Å². The molecule has 1 saturated heterocycles. The van der Waals surface area contributed by atoms with E-state index in [0.717, 1.165) is 40.6 Å². The summed E-state index contributed by atoms with van der Waals surface area (Å²) in [5.41, 5.74) is 8.51. The monoisotopic (exact) mass is 611 g/mol. The molecule has 8 heteroatoms. The van der Waals surface area contributed by atoms with Crippen LogP contribution >= 0.6 is 0 Å². The van der Waals surface area contributed by atoms with Gasteiger partial charge in [0.15, 0.2) is 0 Å². The van der Waals surface area contributed by atoms with Gasteiger partial charge in [-0.2, -0.15) is 0 Å². The molecule has 1 heterocycles. The van der Waals surface area contributed by atoms with Crippen LogP contribution in [0.2, 0.25) is 0 Å². The average molecular weight is 612 g/mol. The van der Waals surface area contributed by atoms with Gasteiger partial charge in [0.25, 0.3) is 0 Å². The lowest BCUT2D eigenvalue weighted by atomic mass is 9.96. The molecule has 2 N–H and O–H groups in total. The Balaban J connectivity index is 1.68. The van der Waals surface area contributed by atoms with Crippen molar-refractivity contribution in [2.75, 3.05) is 47.3 Å². The highest BCUT2D eigenvalue weighted by atomic mass is 16.2. The van der Waals surface area contributed by atoms with Crippen molar-refractivity contribution in [2.24, 2.45) is 5.73 Å². The first-order chi connectivity index (χ1) is 21.3. The van der Waals surface area contributed by atoms with Gasteiger partial charge in [0, 0.05) is 64.7 Å². The van der Waals surface area contributed by atoms with Crippen molar-refractivity contribution < 1.29 is 14.4 Å². The minimum atomic E-state index is -0.822. The van der Waals surface area contributed by atoms with Crippen LogP contribution in [-0.2, 0) is 27.2 Å². The second-order valence-corrected chi connectivity index (χ2v) is 13.3. The molecule has 45 heavy (non-hydrogen) atoms. The van der Waals surface area contributed by atoms with E-state index in [9.17, 15) is 14.4 Å². The predicted molar refractivity (Wildman–Crippen MR) is 182 cm³/mol. The van der Waals surface area contributed by atoms with Crippen LogP contribution in [0.4, 0.5) is 0 Å². The zero-order valence-corrected chi connectivity index (χ0v) is 27.7. The van der Waals surface area contributed by atoms with Crippen molar-refractivity contribution in [3.8, 4) is 0 Å². The maximum Gasteiger partial charge on any atom is 0.246 e. The Morgan fingerprint density at radius 1 is 0.822 bits per heavy atom. The fraction of sp³-hybridized carbons (Fsp3) is 0.432. The third-order valence-electron chi connectivity index (χ3n) is 8.63. The number of nitrogens with two attached hydrogens (primary N) is 1. The smallest absolute Gasteiger partial charge is 0.246 e. The predicted octanol–water partition coefficient (Wildman–Crippen LogP) is 4.13. The number of benzene rings is 3. The number of amides is 3. The molecule has 0 spiro atoms. The van der Waals surface area contributed by atoms with Gasteiger partial charge in [-0.05, 0) is 56.1 Å². The molecule has 1 fully saturated rings. The summed E-state index contributed by atoms with van der Waals surface area (Å²) in [6.07, 6.45) is 2.83. The standard InChI is InChI=1S/C37H49N5O3/c1-27(26-37(2,3)38)22-34(43)40(5)32(25-29-16-17-30-14-10-11-15-31(30)23-29)35(44)41(6)33(24-28-12-8-7-9-13-28)36(45)42-20-18-39(4)19-21-42/h7-17,22-23,32-33H,18-21,24-26,38H2,1-6H3/b27-22+/t32-,33-/m1/s1. The SMILES string of the molecule is C/C(=C\C(=O)N(C)[C@H](Cc1ccc2ccccc2c1)C(=O)N(C)[C@H](Cc1ccccc1)C(=O)N1CCN(C)CC1)CC(C)(C)N. The fourth-order valence-corrected chi connectivity index (χ4v) is 6.07. The highest BCUT2D eigenvalue weighted by Gasteiger charge is 2.37. The van der Waals surface area contributed by atoms with Crippen molar-refractivity contribution in [2.45, 2.75) is 57.7 Å². The normalized spacial score (nSPS) is 15.9. The van der Waals surface area contributed by atoms with E-state index < -0.39 is 17.6 Å². The van der Waals surface area contributed by atoms with Crippen LogP contribution < -0.4 is 5.73 Å². The second-order valence-electron chi connectivity index (χ2n) is 13.3. The van der Waals surface area contributed by atoms with E-state index in [1.807, 2.05) is 93.4 Å². The number of hydrogen-bond acceptors (Lipinski definition) is 5. The summed E-state index contributed by atoms with van der Waals surface area (Å²) in [5, 5.41) is 2.17. The lowest BCUT2D eigenvalue weighted by Gasteiger charge is -2.39. The molecule has 4 rings (SSSR count). The van der Waals surface area contributed by atoms with E-state index in [2.05, 4.69) is 17.0 Å². The molecule has 0 aliphatic carbocycles. The van der Waals surface area contributed by atoms with Crippen LogP contribution in [0.3, 0.4) is 0 Å². The molecule has 0 unspecified atom stereocenters. The summed E-state index contributed by atoms with van der Waals surface area (Å²) in [5.74, 6) is -0.607. The Morgan fingerprint density at radius 2 is 1.42 bits per heavy atom. The van der Waals surface area contributed by atoms with Crippen LogP contribution in [0.25, 0.3) is 10.8 Å². The van der Waals surface area contributed by atoms with E-state index in [-0.39, 0.29) is 17.7 Å². The molecule has 0 radical (unpaired) electrons. The van der Waals surface area contributed by atoms with Crippen LogP contribution in [-0.4, -0.2) is 102 Å². The van der Waals surface area contributed by atoms with E-state index in [1.54, 1.807) is 25.1 Å². The summed E-state index contributed by atoms with van der Waals surface area (Å²) in [6, 6.07) is 22.5. The van der Waals surface area contributed by atoms with Gasteiger partial charge in [0.2, 0.25) is 17.7 Å². The molecule has 1 aliphatic heterocycles. The molecule has 1 aliphatic rings. The first-order valence-electron chi connectivity index (χ1n) is 15.8. The number of carbonyl (C=O) groups excluding carboxylic acids is 3. The molecule has 3 amide bonds. The number of piperazine rings is 1. The topological polar surface area (TPSA) is 90.2 Å². The van der Waals surface area contributed by atoms with Crippen LogP contribution in [0.15, 0.2) is 84.4 Å². The van der Waals surface area contributed by atoms with E-state index in [0.29, 0.717) is 32.4 Å². The molecule has 2 atom stereocenters. The van der Waals surface area contributed by atoms with Crippen LogP contribution in [0, 0.1) is 0 Å². The largest absolute Gasteiger partial charge is 0.338 e. The quantitative estimate of drug-likeness (QED) is 0.330. The molecule has 3 aromatic rings. The average Bonchev–Trinajstić information content (AvgIpc) is 3.01. The molecular weight excluding hydrogens is 562 g/mol. The molecule has 3 aromatic carbocycles. The summed E-state index contributed by atoms with van der Waals surface area (Å²) in [7, 11) is 5.42. The third-order valence-corrected chi connectivity index (χ3v) is 8.63. The maximum atomic E-state index is 14.6. The Hall–Kier alpha value is -4.01. The van der Waals surface area contributed by atoms with Crippen LogP contribution in [0.1, 0.15) is 38.3 Å². The molecule has 8 nitrogen and oxygen atoms in total. The van der Waals surface area contributed by atoms with Crippen LogP contribution in [0.5, 0.6) is 0 Å². The van der Waals surface area contributed by atoms with E-state index in [1.165, 1.54) is 4.90 Å².